The van der Waals surface area contributed by atoms with Crippen LogP contribution in [0, 0.1) is 0 Å². The van der Waals surface area contributed by atoms with Gasteiger partial charge in [-0.1, -0.05) is 66.7 Å². The van der Waals surface area contributed by atoms with E-state index in [0.717, 1.165) is 27.6 Å². The van der Waals surface area contributed by atoms with Gasteiger partial charge in [-0.2, -0.15) is 0 Å². The molecule has 2 heteroatoms. The monoisotopic (exact) mass is 278 g/mol. The molecule has 1 atom stereocenters. The number of rotatable bonds is 4. The van der Waals surface area contributed by atoms with Crippen molar-refractivity contribution in [3.63, 3.8) is 0 Å². The Labute approximate surface area is 124 Å². The van der Waals surface area contributed by atoms with E-state index in [1.165, 1.54) is 0 Å². The third-order valence-electron chi connectivity index (χ3n) is 3.59. The van der Waals surface area contributed by atoms with Crippen LogP contribution in [-0.2, 0) is 6.61 Å². The fourth-order valence-electron chi connectivity index (χ4n) is 2.48. The van der Waals surface area contributed by atoms with Crippen molar-refractivity contribution in [2.45, 2.75) is 19.6 Å². The number of aliphatic hydroxyl groups is 1. The van der Waals surface area contributed by atoms with Crippen LogP contribution in [0.25, 0.3) is 10.8 Å². The topological polar surface area (TPSA) is 29.5 Å². The molecule has 0 aliphatic heterocycles. The molecule has 0 radical (unpaired) electrons. The van der Waals surface area contributed by atoms with Crippen molar-refractivity contribution in [3.05, 3.63) is 77.9 Å². The van der Waals surface area contributed by atoms with Crippen molar-refractivity contribution in [1.29, 1.82) is 0 Å². The average Bonchev–Trinajstić information content (AvgIpc) is 2.53. The van der Waals surface area contributed by atoms with E-state index < -0.39 is 6.10 Å². The molecule has 0 aromatic heterocycles. The van der Waals surface area contributed by atoms with Gasteiger partial charge in [-0.05, 0) is 17.9 Å². The summed E-state index contributed by atoms with van der Waals surface area (Å²) in [7, 11) is 0. The van der Waals surface area contributed by atoms with E-state index >= 15 is 0 Å². The summed E-state index contributed by atoms with van der Waals surface area (Å²) >= 11 is 0. The number of hydrogen-bond acceptors (Lipinski definition) is 2. The minimum atomic E-state index is -0.555. The van der Waals surface area contributed by atoms with E-state index in [9.17, 15) is 5.11 Å². The molecule has 3 rings (SSSR count). The van der Waals surface area contributed by atoms with Crippen molar-refractivity contribution < 1.29 is 9.84 Å². The van der Waals surface area contributed by atoms with Crippen molar-refractivity contribution in [2.75, 3.05) is 0 Å². The Bertz CT molecular complexity index is 733. The standard InChI is InChI=1S/C19H18O2/c1-14(20)17-12-11-16-9-5-6-10-18(16)19(17)21-13-15-7-3-2-4-8-15/h2-12,14,20H,13H2,1H3/t14-/m0/s1. The van der Waals surface area contributed by atoms with E-state index in [1.54, 1.807) is 6.92 Å². The van der Waals surface area contributed by atoms with Crippen LogP contribution in [0.4, 0.5) is 0 Å². The normalized spacial score (nSPS) is 12.3. The molecule has 0 spiro atoms. The second-order valence-electron chi connectivity index (χ2n) is 5.16. The largest absolute Gasteiger partial charge is 0.488 e. The van der Waals surface area contributed by atoms with Gasteiger partial charge in [0.1, 0.15) is 12.4 Å². The molecule has 0 amide bonds. The van der Waals surface area contributed by atoms with Crippen molar-refractivity contribution in [2.24, 2.45) is 0 Å². The molecule has 0 heterocycles. The number of benzene rings is 3. The Morgan fingerprint density at radius 1 is 0.905 bits per heavy atom. The Balaban J connectivity index is 2.00. The van der Waals surface area contributed by atoms with Crippen LogP contribution in [-0.4, -0.2) is 5.11 Å². The van der Waals surface area contributed by atoms with Gasteiger partial charge in [-0.15, -0.1) is 0 Å². The molecule has 0 bridgehead atoms. The maximum absolute atomic E-state index is 9.98. The van der Waals surface area contributed by atoms with Crippen LogP contribution >= 0.6 is 0 Å². The zero-order valence-corrected chi connectivity index (χ0v) is 12.0. The zero-order valence-electron chi connectivity index (χ0n) is 12.0. The van der Waals surface area contributed by atoms with Gasteiger partial charge in [0, 0.05) is 10.9 Å². The third kappa shape index (κ3) is 2.91. The van der Waals surface area contributed by atoms with Gasteiger partial charge >= 0.3 is 0 Å². The Morgan fingerprint density at radius 3 is 2.38 bits per heavy atom. The summed E-state index contributed by atoms with van der Waals surface area (Å²) in [5, 5.41) is 12.1. The van der Waals surface area contributed by atoms with Crippen molar-refractivity contribution >= 4 is 10.8 Å². The first-order valence-corrected chi connectivity index (χ1v) is 7.12. The molecule has 0 fully saturated rings. The molecule has 0 unspecified atom stereocenters. The molecule has 0 aliphatic carbocycles. The van der Waals surface area contributed by atoms with Gasteiger partial charge in [0.05, 0.1) is 6.10 Å². The van der Waals surface area contributed by atoms with Gasteiger partial charge in [0.25, 0.3) is 0 Å². The Kier molecular flexibility index (Phi) is 3.89. The lowest BCUT2D eigenvalue weighted by molar-refractivity contribution is 0.191. The van der Waals surface area contributed by atoms with Crippen molar-refractivity contribution in [3.8, 4) is 5.75 Å². The van der Waals surface area contributed by atoms with Gasteiger partial charge < -0.3 is 9.84 Å². The van der Waals surface area contributed by atoms with Crippen LogP contribution in [0.15, 0.2) is 66.7 Å². The number of fused-ring (bicyclic) bond motifs is 1. The molecule has 1 N–H and O–H groups in total. The minimum absolute atomic E-state index is 0.495. The van der Waals surface area contributed by atoms with Gasteiger partial charge in [0.15, 0.2) is 0 Å². The number of ether oxygens (including phenoxy) is 1. The Hall–Kier alpha value is -2.32. The highest BCUT2D eigenvalue weighted by atomic mass is 16.5. The highest BCUT2D eigenvalue weighted by Crippen LogP contribution is 2.34. The van der Waals surface area contributed by atoms with E-state index in [1.807, 2.05) is 60.7 Å². The smallest absolute Gasteiger partial charge is 0.133 e. The summed E-state index contributed by atoms with van der Waals surface area (Å²) in [6, 6.07) is 22.1. The lowest BCUT2D eigenvalue weighted by Gasteiger charge is -2.16. The van der Waals surface area contributed by atoms with E-state index in [0.29, 0.717) is 6.61 Å². The van der Waals surface area contributed by atoms with E-state index in [2.05, 4.69) is 6.07 Å². The maximum atomic E-state index is 9.98. The molecule has 0 saturated heterocycles. The summed E-state index contributed by atoms with van der Waals surface area (Å²) in [6.45, 7) is 2.26. The highest BCUT2D eigenvalue weighted by Gasteiger charge is 2.13. The fraction of sp³-hybridized carbons (Fsp3) is 0.158. The van der Waals surface area contributed by atoms with Crippen molar-refractivity contribution in [1.82, 2.24) is 0 Å². The van der Waals surface area contributed by atoms with E-state index in [-0.39, 0.29) is 0 Å². The molecular formula is C19H18O2. The first kappa shape index (κ1) is 13.7. The first-order valence-electron chi connectivity index (χ1n) is 7.12. The second-order valence-corrected chi connectivity index (χ2v) is 5.16. The van der Waals surface area contributed by atoms with Crippen LogP contribution in [0.1, 0.15) is 24.2 Å². The summed E-state index contributed by atoms with van der Waals surface area (Å²) in [5.74, 6) is 0.770. The van der Waals surface area contributed by atoms with Crippen LogP contribution < -0.4 is 4.74 Å². The summed E-state index contributed by atoms with van der Waals surface area (Å²) in [6.07, 6.45) is -0.555. The van der Waals surface area contributed by atoms with Gasteiger partial charge in [0.2, 0.25) is 0 Å². The lowest BCUT2D eigenvalue weighted by atomic mass is 10.0. The van der Waals surface area contributed by atoms with Gasteiger partial charge in [-0.25, -0.2) is 0 Å². The summed E-state index contributed by atoms with van der Waals surface area (Å²) in [4.78, 5) is 0. The fourth-order valence-corrected chi connectivity index (χ4v) is 2.48. The molecule has 3 aromatic rings. The van der Waals surface area contributed by atoms with E-state index in [4.69, 9.17) is 4.74 Å². The van der Waals surface area contributed by atoms with Crippen LogP contribution in [0.5, 0.6) is 5.75 Å². The average molecular weight is 278 g/mol. The summed E-state index contributed by atoms with van der Waals surface area (Å²) < 4.78 is 6.04. The van der Waals surface area contributed by atoms with Crippen LogP contribution in [0.3, 0.4) is 0 Å². The number of aliphatic hydroxyl groups excluding tert-OH is 1. The highest BCUT2D eigenvalue weighted by molar-refractivity contribution is 5.89. The summed E-state index contributed by atoms with van der Waals surface area (Å²) in [5.41, 5.74) is 1.94. The predicted molar refractivity (Wildman–Crippen MR) is 85.4 cm³/mol. The second kappa shape index (κ2) is 5.98. The minimum Gasteiger partial charge on any atom is -0.488 e. The third-order valence-corrected chi connectivity index (χ3v) is 3.59. The molecule has 2 nitrogen and oxygen atoms in total. The SMILES string of the molecule is C[C@H](O)c1ccc2ccccc2c1OCc1ccccc1. The first-order chi connectivity index (χ1) is 10.3. The van der Waals surface area contributed by atoms with Crippen LogP contribution in [0.2, 0.25) is 0 Å². The molecule has 21 heavy (non-hydrogen) atoms. The molecule has 3 aromatic carbocycles. The zero-order chi connectivity index (χ0) is 14.7. The molecular weight excluding hydrogens is 260 g/mol. The molecule has 0 saturated carbocycles. The Morgan fingerprint density at radius 2 is 1.62 bits per heavy atom. The quantitative estimate of drug-likeness (QED) is 0.763. The van der Waals surface area contributed by atoms with Gasteiger partial charge in [-0.3, -0.25) is 0 Å². The number of hydrogen-bond donors (Lipinski definition) is 1. The predicted octanol–water partition coefficient (Wildman–Crippen LogP) is 4.47. The lowest BCUT2D eigenvalue weighted by Crippen LogP contribution is -2.01. The molecule has 0 aliphatic rings. The molecule has 106 valence electrons. The maximum Gasteiger partial charge on any atom is 0.133 e.